The molecule has 0 spiro atoms. The van der Waals surface area contributed by atoms with Gasteiger partial charge in [-0.3, -0.25) is 0 Å². The van der Waals surface area contributed by atoms with Gasteiger partial charge in [-0.15, -0.1) is 0 Å². The van der Waals surface area contributed by atoms with Crippen LogP contribution >= 0.6 is 0 Å². The van der Waals surface area contributed by atoms with Crippen molar-refractivity contribution in [3.8, 4) is 22.3 Å². The molecule has 0 atom stereocenters. The molecule has 0 saturated heterocycles. The van der Waals surface area contributed by atoms with E-state index in [2.05, 4.69) is 61.5 Å². The lowest BCUT2D eigenvalue weighted by molar-refractivity contribution is 1.47. The molecule has 0 radical (unpaired) electrons. The van der Waals surface area contributed by atoms with Crippen LogP contribution in [0.4, 0.5) is 5.69 Å². The van der Waals surface area contributed by atoms with E-state index in [0.717, 1.165) is 11.3 Å². The topological polar surface area (TPSA) is 26.0 Å². The van der Waals surface area contributed by atoms with Crippen LogP contribution in [0.2, 0.25) is 0 Å². The van der Waals surface area contributed by atoms with Crippen LogP contribution in [-0.2, 0) is 0 Å². The molecule has 2 N–H and O–H groups in total. The van der Waals surface area contributed by atoms with Crippen molar-refractivity contribution in [2.45, 2.75) is 6.92 Å². The molecule has 0 bridgehead atoms. The van der Waals surface area contributed by atoms with Crippen LogP contribution in [0.25, 0.3) is 22.3 Å². The third-order valence-electron chi connectivity index (χ3n) is 3.46. The lowest BCUT2D eigenvalue weighted by Crippen LogP contribution is -1.85. The van der Waals surface area contributed by atoms with Gasteiger partial charge in [-0.05, 0) is 41.3 Å². The van der Waals surface area contributed by atoms with Crippen LogP contribution in [0.5, 0.6) is 0 Å². The molecule has 0 heterocycles. The van der Waals surface area contributed by atoms with Crippen molar-refractivity contribution in [1.29, 1.82) is 0 Å². The van der Waals surface area contributed by atoms with Crippen molar-refractivity contribution in [3.63, 3.8) is 0 Å². The molecule has 1 heteroatoms. The van der Waals surface area contributed by atoms with Gasteiger partial charge < -0.3 is 5.73 Å². The summed E-state index contributed by atoms with van der Waals surface area (Å²) >= 11 is 0. The molecule has 0 fully saturated rings. The Morgan fingerprint density at radius 2 is 1.15 bits per heavy atom. The van der Waals surface area contributed by atoms with Gasteiger partial charge in [-0.2, -0.15) is 0 Å². The third kappa shape index (κ3) is 2.57. The standard InChI is InChI=1S/C19H17N/c1-14-4-2-5-17(12-14)15-8-10-16(11-9-15)18-6-3-7-19(20)13-18/h2-13H,20H2,1H3. The number of nitrogen functional groups attached to an aromatic ring is 1. The zero-order valence-electron chi connectivity index (χ0n) is 11.5. The van der Waals surface area contributed by atoms with E-state index >= 15 is 0 Å². The minimum Gasteiger partial charge on any atom is -0.399 e. The van der Waals surface area contributed by atoms with Crippen LogP contribution in [0.15, 0.2) is 72.8 Å². The van der Waals surface area contributed by atoms with Gasteiger partial charge in [0.1, 0.15) is 0 Å². The van der Waals surface area contributed by atoms with Gasteiger partial charge in [-0.25, -0.2) is 0 Å². The maximum Gasteiger partial charge on any atom is 0.0320 e. The number of hydrogen-bond acceptors (Lipinski definition) is 1. The second-order valence-corrected chi connectivity index (χ2v) is 5.07. The Morgan fingerprint density at radius 3 is 1.70 bits per heavy atom. The minimum absolute atomic E-state index is 0.797. The van der Waals surface area contributed by atoms with Gasteiger partial charge in [-0.1, -0.05) is 66.2 Å². The van der Waals surface area contributed by atoms with E-state index in [9.17, 15) is 0 Å². The predicted molar refractivity (Wildman–Crippen MR) is 86.5 cm³/mol. The second-order valence-electron chi connectivity index (χ2n) is 5.07. The van der Waals surface area contributed by atoms with E-state index in [0.29, 0.717) is 0 Å². The molecule has 3 rings (SSSR count). The second kappa shape index (κ2) is 5.22. The first kappa shape index (κ1) is 12.5. The molecule has 0 aliphatic heterocycles. The van der Waals surface area contributed by atoms with Crippen LogP contribution < -0.4 is 5.73 Å². The van der Waals surface area contributed by atoms with Crippen molar-refractivity contribution in [2.24, 2.45) is 0 Å². The van der Waals surface area contributed by atoms with E-state index in [-0.39, 0.29) is 0 Å². The minimum atomic E-state index is 0.797. The van der Waals surface area contributed by atoms with Crippen LogP contribution in [0.3, 0.4) is 0 Å². The molecule has 98 valence electrons. The summed E-state index contributed by atoms with van der Waals surface area (Å²) in [6, 6.07) is 25.1. The Kier molecular flexibility index (Phi) is 3.26. The number of aryl methyl sites for hydroxylation is 1. The van der Waals surface area contributed by atoms with E-state index in [1.54, 1.807) is 0 Å². The van der Waals surface area contributed by atoms with Crippen molar-refractivity contribution >= 4 is 5.69 Å². The molecule has 0 aliphatic carbocycles. The lowest BCUT2D eigenvalue weighted by atomic mass is 9.99. The molecular weight excluding hydrogens is 242 g/mol. The molecular formula is C19H17N. The predicted octanol–water partition coefficient (Wildman–Crippen LogP) is 4.91. The fraction of sp³-hybridized carbons (Fsp3) is 0.0526. The summed E-state index contributed by atoms with van der Waals surface area (Å²) in [7, 11) is 0. The number of nitrogens with two attached hydrogens (primary N) is 1. The highest BCUT2D eigenvalue weighted by atomic mass is 14.5. The fourth-order valence-electron chi connectivity index (χ4n) is 2.40. The summed E-state index contributed by atoms with van der Waals surface area (Å²) in [6.45, 7) is 2.12. The van der Waals surface area contributed by atoms with Crippen molar-refractivity contribution in [3.05, 3.63) is 78.4 Å². The monoisotopic (exact) mass is 259 g/mol. The average Bonchev–Trinajstić information content (AvgIpc) is 2.47. The van der Waals surface area contributed by atoms with Crippen LogP contribution in [-0.4, -0.2) is 0 Å². The number of benzene rings is 3. The number of anilines is 1. The molecule has 3 aromatic rings. The van der Waals surface area contributed by atoms with E-state index in [1.807, 2.05) is 18.2 Å². The van der Waals surface area contributed by atoms with E-state index < -0.39 is 0 Å². The highest BCUT2D eigenvalue weighted by molar-refractivity contribution is 5.72. The maximum atomic E-state index is 5.83. The van der Waals surface area contributed by atoms with Crippen molar-refractivity contribution in [2.75, 3.05) is 5.73 Å². The zero-order valence-corrected chi connectivity index (χ0v) is 11.5. The summed E-state index contributed by atoms with van der Waals surface area (Å²) < 4.78 is 0. The Balaban J connectivity index is 1.96. The first-order chi connectivity index (χ1) is 9.72. The van der Waals surface area contributed by atoms with Crippen LogP contribution in [0.1, 0.15) is 5.56 Å². The molecule has 0 aromatic heterocycles. The average molecular weight is 259 g/mol. The first-order valence-corrected chi connectivity index (χ1v) is 6.75. The van der Waals surface area contributed by atoms with Gasteiger partial charge in [0.15, 0.2) is 0 Å². The maximum absolute atomic E-state index is 5.83. The Bertz CT molecular complexity index is 662. The lowest BCUT2D eigenvalue weighted by Gasteiger charge is -2.06. The normalized spacial score (nSPS) is 10.4. The summed E-state index contributed by atoms with van der Waals surface area (Å²) in [4.78, 5) is 0. The van der Waals surface area contributed by atoms with Gasteiger partial charge >= 0.3 is 0 Å². The van der Waals surface area contributed by atoms with Gasteiger partial charge in [0.2, 0.25) is 0 Å². The number of hydrogen-bond donors (Lipinski definition) is 1. The Hall–Kier alpha value is -2.54. The molecule has 20 heavy (non-hydrogen) atoms. The van der Waals surface area contributed by atoms with Crippen molar-refractivity contribution < 1.29 is 0 Å². The highest BCUT2D eigenvalue weighted by Crippen LogP contribution is 2.26. The Morgan fingerprint density at radius 1 is 0.600 bits per heavy atom. The smallest absolute Gasteiger partial charge is 0.0320 e. The summed E-state index contributed by atoms with van der Waals surface area (Å²) in [6.07, 6.45) is 0. The number of rotatable bonds is 2. The molecule has 0 amide bonds. The van der Waals surface area contributed by atoms with Gasteiger partial charge in [0.05, 0.1) is 0 Å². The van der Waals surface area contributed by atoms with E-state index in [1.165, 1.54) is 22.3 Å². The summed E-state index contributed by atoms with van der Waals surface area (Å²) in [5, 5.41) is 0. The third-order valence-corrected chi connectivity index (χ3v) is 3.46. The first-order valence-electron chi connectivity index (χ1n) is 6.75. The summed E-state index contributed by atoms with van der Waals surface area (Å²) in [5.74, 6) is 0. The van der Waals surface area contributed by atoms with Gasteiger partial charge in [0.25, 0.3) is 0 Å². The molecule has 0 aliphatic rings. The summed E-state index contributed by atoms with van der Waals surface area (Å²) in [5.41, 5.74) is 12.7. The fourth-order valence-corrected chi connectivity index (χ4v) is 2.40. The molecule has 1 nitrogen and oxygen atoms in total. The zero-order chi connectivity index (χ0) is 13.9. The quantitative estimate of drug-likeness (QED) is 0.650. The van der Waals surface area contributed by atoms with Gasteiger partial charge in [0, 0.05) is 5.69 Å². The van der Waals surface area contributed by atoms with Crippen LogP contribution in [0, 0.1) is 6.92 Å². The van der Waals surface area contributed by atoms with E-state index in [4.69, 9.17) is 5.73 Å². The largest absolute Gasteiger partial charge is 0.399 e. The molecule has 3 aromatic carbocycles. The van der Waals surface area contributed by atoms with Crippen molar-refractivity contribution in [1.82, 2.24) is 0 Å². The molecule has 0 saturated carbocycles. The molecule has 0 unspecified atom stereocenters. The SMILES string of the molecule is Cc1cccc(-c2ccc(-c3cccc(N)c3)cc2)c1. The Labute approximate surface area is 119 Å². The highest BCUT2D eigenvalue weighted by Gasteiger charge is 2.01.